The zero-order valence-electron chi connectivity index (χ0n) is 48.1. The number of ether oxygens (including phenoxy) is 3. The number of unbranched alkanes of at least 4 members (excludes halogenated alkanes) is 14. The first-order valence-corrected chi connectivity index (χ1v) is 31.0. The van der Waals surface area contributed by atoms with Crippen molar-refractivity contribution in [3.05, 3.63) is 0 Å². The van der Waals surface area contributed by atoms with Gasteiger partial charge in [0.15, 0.2) is 12.6 Å². The second kappa shape index (κ2) is 45.1. The van der Waals surface area contributed by atoms with Crippen molar-refractivity contribution in [2.45, 2.75) is 326 Å². The monoisotopic (exact) mass is 987 g/mol. The van der Waals surface area contributed by atoms with E-state index in [1.165, 1.54) is 154 Å². The van der Waals surface area contributed by atoms with Gasteiger partial charge in [-0.2, -0.15) is 0 Å². The molecule has 0 heterocycles. The van der Waals surface area contributed by atoms with Crippen LogP contribution in [-0.4, -0.2) is 36.5 Å². The summed E-state index contributed by atoms with van der Waals surface area (Å²) < 4.78 is 20.3. The summed E-state index contributed by atoms with van der Waals surface area (Å²) in [5.74, 6) is 7.50. The molecule has 0 bridgehead atoms. The fraction of sp³-hybridized carbons (Fsp3) is 1.00. The van der Waals surface area contributed by atoms with Gasteiger partial charge in [0.25, 0.3) is 0 Å². The van der Waals surface area contributed by atoms with Gasteiger partial charge in [-0.15, -0.1) is 23.2 Å². The van der Waals surface area contributed by atoms with Crippen molar-refractivity contribution in [1.82, 2.24) is 0 Å². The van der Waals surface area contributed by atoms with Crippen molar-refractivity contribution >= 4 is 23.2 Å². The van der Waals surface area contributed by atoms with E-state index < -0.39 is 0 Å². The van der Waals surface area contributed by atoms with E-state index in [0.717, 1.165) is 112 Å². The third-order valence-electron chi connectivity index (χ3n) is 15.1. The lowest BCUT2D eigenvalue weighted by Gasteiger charge is -2.27. The SMILES string of the molecule is CCCCCCCCCCOC(CCCC(C)CC(C)CC(C)CC(C)CC(C)CC(C)Cl)OC(CCCC(C)CC(C)CC(C)CC(C)CC(C)CC(C)Cl)OCCCCCCCCCC. The Morgan fingerprint density at radius 3 is 0.776 bits per heavy atom. The van der Waals surface area contributed by atoms with Gasteiger partial charge in [0.2, 0.25) is 0 Å². The Morgan fingerprint density at radius 2 is 0.507 bits per heavy atom. The van der Waals surface area contributed by atoms with Crippen LogP contribution in [0.2, 0.25) is 0 Å². The summed E-state index contributed by atoms with van der Waals surface area (Å²) in [6.07, 6.45) is 40.3. The summed E-state index contributed by atoms with van der Waals surface area (Å²) in [7, 11) is 0. The van der Waals surface area contributed by atoms with Gasteiger partial charge in [0, 0.05) is 24.0 Å². The van der Waals surface area contributed by atoms with Crippen molar-refractivity contribution in [2.75, 3.05) is 13.2 Å². The first-order valence-electron chi connectivity index (χ1n) is 30.1. The molecule has 0 saturated heterocycles. The minimum Gasteiger partial charge on any atom is -0.353 e. The molecule has 0 fully saturated rings. The van der Waals surface area contributed by atoms with Crippen molar-refractivity contribution in [1.29, 1.82) is 0 Å². The van der Waals surface area contributed by atoms with E-state index in [0.29, 0.717) is 11.8 Å². The molecule has 0 aliphatic heterocycles. The Hall–Kier alpha value is 0.460. The number of hydrogen-bond donors (Lipinski definition) is 0. The minimum absolute atomic E-state index is 0.175. The molecule has 0 N–H and O–H groups in total. The Labute approximate surface area is 433 Å². The largest absolute Gasteiger partial charge is 0.353 e. The van der Waals surface area contributed by atoms with Crippen LogP contribution < -0.4 is 0 Å². The molecule has 404 valence electrons. The fourth-order valence-electron chi connectivity index (χ4n) is 12.3. The number of halogens is 2. The first-order chi connectivity index (χ1) is 31.9. The van der Waals surface area contributed by atoms with Crippen LogP contribution in [0.3, 0.4) is 0 Å². The van der Waals surface area contributed by atoms with Crippen LogP contribution in [0, 0.1) is 59.2 Å². The molecule has 67 heavy (non-hydrogen) atoms. The zero-order chi connectivity index (χ0) is 50.2. The van der Waals surface area contributed by atoms with Crippen LogP contribution in [0.4, 0.5) is 0 Å². The maximum Gasteiger partial charge on any atom is 0.160 e. The van der Waals surface area contributed by atoms with Crippen LogP contribution >= 0.6 is 23.2 Å². The predicted molar refractivity (Wildman–Crippen MR) is 302 cm³/mol. The molecule has 0 saturated carbocycles. The molecule has 0 radical (unpaired) electrons. The van der Waals surface area contributed by atoms with E-state index in [1.54, 1.807) is 0 Å². The number of hydrogen-bond acceptors (Lipinski definition) is 3. The van der Waals surface area contributed by atoms with Gasteiger partial charge in [0.05, 0.1) is 0 Å². The van der Waals surface area contributed by atoms with Crippen LogP contribution in [0.5, 0.6) is 0 Å². The lowest BCUT2D eigenvalue weighted by Crippen LogP contribution is -2.28. The molecule has 3 nitrogen and oxygen atoms in total. The molecule has 0 aliphatic carbocycles. The predicted octanol–water partition coefficient (Wildman–Crippen LogP) is 21.8. The fourth-order valence-corrected chi connectivity index (χ4v) is 12.9. The van der Waals surface area contributed by atoms with Gasteiger partial charge in [-0.05, 0) is 176 Å². The quantitative estimate of drug-likeness (QED) is 0.0345. The third kappa shape index (κ3) is 44.9. The molecule has 0 rings (SSSR count). The molecule has 0 spiro atoms. The average molecular weight is 989 g/mol. The van der Waals surface area contributed by atoms with Gasteiger partial charge in [-0.25, -0.2) is 0 Å². The lowest BCUT2D eigenvalue weighted by atomic mass is 9.82. The standard InChI is InChI=1S/C62H124Cl2O3/c1-15-17-19-21-23-25-27-29-37-65-61(35-31-33-49(3)39-51(5)41-53(7)43-55(9)45-57(11)47-59(13)63)67-62(66-38-30-28-26-24-22-20-18-16-2)36-32-34-50(4)40-52(6)42-54(8)44-56(10)46-58(12)48-60(14)64/h49-62H,15-48H2,1-14H3. The van der Waals surface area contributed by atoms with E-state index >= 15 is 0 Å². The van der Waals surface area contributed by atoms with Crippen molar-refractivity contribution < 1.29 is 14.2 Å². The summed E-state index contributed by atoms with van der Waals surface area (Å²) in [6.45, 7) is 35.1. The first kappa shape index (κ1) is 67.5. The van der Waals surface area contributed by atoms with E-state index in [2.05, 4.69) is 96.9 Å². The van der Waals surface area contributed by atoms with Crippen LogP contribution in [0.25, 0.3) is 0 Å². The topological polar surface area (TPSA) is 27.7 Å². The van der Waals surface area contributed by atoms with Crippen molar-refractivity contribution in [3.63, 3.8) is 0 Å². The molecule has 0 aromatic rings. The Kier molecular flexibility index (Phi) is 45.4. The Bertz CT molecular complexity index is 945. The van der Waals surface area contributed by atoms with E-state index in [-0.39, 0.29) is 23.3 Å². The van der Waals surface area contributed by atoms with Crippen molar-refractivity contribution in [2.24, 2.45) is 59.2 Å². The third-order valence-corrected chi connectivity index (χ3v) is 15.4. The van der Waals surface area contributed by atoms with Gasteiger partial charge in [0.1, 0.15) is 0 Å². The number of rotatable bonds is 50. The van der Waals surface area contributed by atoms with Gasteiger partial charge >= 0.3 is 0 Å². The smallest absolute Gasteiger partial charge is 0.160 e. The highest BCUT2D eigenvalue weighted by atomic mass is 35.5. The molecule has 0 aromatic carbocycles. The summed E-state index contributed by atoms with van der Waals surface area (Å²) in [4.78, 5) is 0. The van der Waals surface area contributed by atoms with E-state index in [1.807, 2.05) is 0 Å². The molecule has 5 heteroatoms. The second-order valence-corrected chi connectivity index (χ2v) is 26.0. The Balaban J connectivity index is 5.43. The molecule has 0 amide bonds. The summed E-state index contributed by atoms with van der Waals surface area (Å²) in [5.41, 5.74) is 0. The normalized spacial score (nSPS) is 18.6. The molecular formula is C62H124Cl2O3. The zero-order valence-corrected chi connectivity index (χ0v) is 49.6. The minimum atomic E-state index is -0.175. The summed E-state index contributed by atoms with van der Waals surface area (Å²) >= 11 is 12.6. The highest BCUT2D eigenvalue weighted by molar-refractivity contribution is 6.20. The van der Waals surface area contributed by atoms with Crippen molar-refractivity contribution in [3.8, 4) is 0 Å². The second-order valence-electron chi connectivity index (χ2n) is 24.5. The molecular weight excluding hydrogens is 864 g/mol. The molecule has 14 atom stereocenters. The maximum atomic E-state index is 6.94. The van der Waals surface area contributed by atoms with Crippen LogP contribution in [-0.2, 0) is 14.2 Å². The summed E-state index contributed by atoms with van der Waals surface area (Å²) in [5, 5.41) is 0.566. The van der Waals surface area contributed by atoms with Crippen LogP contribution in [0.1, 0.15) is 302 Å². The van der Waals surface area contributed by atoms with Gasteiger partial charge in [-0.1, -0.05) is 186 Å². The lowest BCUT2D eigenvalue weighted by molar-refractivity contribution is -0.250. The van der Waals surface area contributed by atoms with Gasteiger partial charge < -0.3 is 14.2 Å². The molecule has 0 aromatic heterocycles. The maximum absolute atomic E-state index is 6.94. The highest BCUT2D eigenvalue weighted by Crippen LogP contribution is 2.32. The van der Waals surface area contributed by atoms with Gasteiger partial charge in [-0.3, -0.25) is 0 Å². The highest BCUT2D eigenvalue weighted by Gasteiger charge is 2.22. The molecule has 0 aliphatic rings. The number of alkyl halides is 2. The molecule has 14 unspecified atom stereocenters. The van der Waals surface area contributed by atoms with E-state index in [9.17, 15) is 0 Å². The average Bonchev–Trinajstić information content (AvgIpc) is 3.20. The van der Waals surface area contributed by atoms with E-state index in [4.69, 9.17) is 37.4 Å². The van der Waals surface area contributed by atoms with Crippen LogP contribution in [0.15, 0.2) is 0 Å². The summed E-state index contributed by atoms with van der Waals surface area (Å²) in [6, 6.07) is 0. The Morgan fingerprint density at radius 1 is 0.269 bits per heavy atom.